The lowest BCUT2D eigenvalue weighted by Gasteiger charge is -2.13. The van der Waals surface area contributed by atoms with Gasteiger partial charge in [-0.2, -0.15) is 0 Å². The van der Waals surface area contributed by atoms with Gasteiger partial charge in [-0.25, -0.2) is 4.98 Å². The minimum atomic E-state index is 0.927. The summed E-state index contributed by atoms with van der Waals surface area (Å²) in [6.07, 6.45) is 11.7. The molecule has 0 amide bonds. The van der Waals surface area contributed by atoms with Crippen LogP contribution in [0.3, 0.4) is 0 Å². The van der Waals surface area contributed by atoms with Gasteiger partial charge in [-0.1, -0.05) is 49.8 Å². The van der Waals surface area contributed by atoms with Crippen molar-refractivity contribution < 1.29 is 0 Å². The second-order valence-electron chi connectivity index (χ2n) is 7.75. The van der Waals surface area contributed by atoms with E-state index in [1.165, 1.54) is 35.1 Å². The Balaban J connectivity index is 1.65. The lowest BCUT2D eigenvalue weighted by molar-refractivity contribution is 0.795. The largest absolute Gasteiger partial charge is 0.352 e. The van der Waals surface area contributed by atoms with Crippen molar-refractivity contribution in [3.05, 3.63) is 89.8 Å². The molecule has 0 saturated carbocycles. The van der Waals surface area contributed by atoms with Crippen molar-refractivity contribution in [1.82, 2.24) is 9.38 Å². The van der Waals surface area contributed by atoms with Gasteiger partial charge in [0.2, 0.25) is 0 Å². The Morgan fingerprint density at radius 2 is 1.87 bits per heavy atom. The number of hydrogen-bond donors (Lipinski definition) is 1. The summed E-state index contributed by atoms with van der Waals surface area (Å²) < 4.78 is 2.15. The molecule has 0 bridgehead atoms. The van der Waals surface area contributed by atoms with Crippen molar-refractivity contribution in [3.63, 3.8) is 0 Å². The Hall–Kier alpha value is -3.33. The summed E-state index contributed by atoms with van der Waals surface area (Å²) in [7, 11) is 0. The molecule has 152 valence electrons. The first-order chi connectivity index (χ1) is 14.7. The van der Waals surface area contributed by atoms with Crippen LogP contribution in [0.5, 0.6) is 0 Å². The fraction of sp³-hybridized carbons (Fsp3) is 0.222. The summed E-state index contributed by atoms with van der Waals surface area (Å²) in [6, 6.07) is 19.6. The van der Waals surface area contributed by atoms with Gasteiger partial charge in [-0.15, -0.1) is 0 Å². The third-order valence-electron chi connectivity index (χ3n) is 5.52. The zero-order chi connectivity index (χ0) is 20.9. The molecule has 1 N–H and O–H groups in total. The highest BCUT2D eigenvalue weighted by Crippen LogP contribution is 2.29. The van der Waals surface area contributed by atoms with Crippen LogP contribution in [-0.4, -0.2) is 9.38 Å². The molecule has 2 heterocycles. The minimum absolute atomic E-state index is 0.927. The summed E-state index contributed by atoms with van der Waals surface area (Å²) in [6.45, 7) is 6.43. The zero-order valence-electron chi connectivity index (χ0n) is 18.0. The predicted molar refractivity (Wildman–Crippen MR) is 128 cm³/mol. The molecular weight excluding hydrogens is 366 g/mol. The highest BCUT2D eigenvalue weighted by atomic mass is 15.0. The van der Waals surface area contributed by atoms with Crippen LogP contribution < -0.4 is 5.32 Å². The van der Waals surface area contributed by atoms with Crippen LogP contribution >= 0.6 is 0 Å². The second kappa shape index (κ2) is 9.00. The third-order valence-corrected chi connectivity index (χ3v) is 5.52. The van der Waals surface area contributed by atoms with Crippen LogP contribution in [0.1, 0.15) is 43.4 Å². The molecule has 30 heavy (non-hydrogen) atoms. The molecule has 2 aromatic carbocycles. The first kappa shape index (κ1) is 20.0. The van der Waals surface area contributed by atoms with Crippen LogP contribution in [0.25, 0.3) is 23.0 Å². The molecular formula is C27H29N3. The van der Waals surface area contributed by atoms with E-state index in [0.717, 1.165) is 29.1 Å². The highest BCUT2D eigenvalue weighted by Gasteiger charge is 2.10. The maximum Gasteiger partial charge on any atom is 0.161 e. The number of unbranched alkanes of at least 4 members (excludes halogenated alkanes) is 1. The number of pyridine rings is 1. The lowest BCUT2D eigenvalue weighted by atomic mass is 10.0. The average molecular weight is 396 g/mol. The highest BCUT2D eigenvalue weighted by molar-refractivity contribution is 5.78. The number of aryl methyl sites for hydroxylation is 2. The number of hydrogen-bond acceptors (Lipinski definition) is 2. The number of anilines is 2. The van der Waals surface area contributed by atoms with Gasteiger partial charge in [0.1, 0.15) is 0 Å². The zero-order valence-corrected chi connectivity index (χ0v) is 18.0. The number of fused-ring (bicyclic) bond motifs is 1. The number of nitrogens with one attached hydrogen (secondary N) is 1. The molecule has 0 radical (unpaired) electrons. The number of rotatable bonds is 7. The molecule has 0 saturated heterocycles. The van der Waals surface area contributed by atoms with E-state index < -0.39 is 0 Å². The molecule has 4 aromatic rings. The molecule has 0 spiro atoms. The average Bonchev–Trinajstić information content (AvgIpc) is 3.26. The molecule has 0 aliphatic carbocycles. The molecule has 0 fully saturated rings. The predicted octanol–water partition coefficient (Wildman–Crippen LogP) is 7.43. The van der Waals surface area contributed by atoms with Gasteiger partial charge in [-0.3, -0.25) is 4.40 Å². The van der Waals surface area contributed by atoms with Crippen LogP contribution in [0, 0.1) is 6.92 Å². The van der Waals surface area contributed by atoms with Gasteiger partial charge in [0, 0.05) is 18.1 Å². The Kier molecular flexibility index (Phi) is 5.99. The quantitative estimate of drug-likeness (QED) is 0.352. The molecule has 3 nitrogen and oxygen atoms in total. The van der Waals surface area contributed by atoms with Crippen LogP contribution in [-0.2, 0) is 6.42 Å². The van der Waals surface area contributed by atoms with E-state index in [1.807, 2.05) is 12.4 Å². The molecule has 0 atom stereocenters. The van der Waals surface area contributed by atoms with E-state index in [4.69, 9.17) is 0 Å². The van der Waals surface area contributed by atoms with Crippen LogP contribution in [0.2, 0.25) is 0 Å². The third kappa shape index (κ3) is 4.16. The van der Waals surface area contributed by atoms with Crippen LogP contribution in [0.4, 0.5) is 11.4 Å². The summed E-state index contributed by atoms with van der Waals surface area (Å²) in [5.41, 5.74) is 9.24. The minimum Gasteiger partial charge on any atom is -0.352 e. The topological polar surface area (TPSA) is 29.3 Å². The standard InChI is InChI=1S/C27H29N3/c1-4-6-8-21-10-13-24(14-11-21)29-25-15-16-26(30-18-17-28-27(25)30)23-12-9-20(3)22(19-23)7-5-2/h5,7,9-19,29H,4,6,8H2,1-3H3/b7-5-. The van der Waals surface area contributed by atoms with Crippen molar-refractivity contribution in [1.29, 1.82) is 0 Å². The van der Waals surface area contributed by atoms with E-state index in [0.29, 0.717) is 0 Å². The Labute approximate surface area is 179 Å². The normalized spacial score (nSPS) is 11.4. The summed E-state index contributed by atoms with van der Waals surface area (Å²) in [5.74, 6) is 0. The first-order valence-corrected chi connectivity index (χ1v) is 10.8. The van der Waals surface area contributed by atoms with Gasteiger partial charge in [0.05, 0.1) is 11.4 Å². The molecule has 4 rings (SSSR count). The van der Waals surface area contributed by atoms with Gasteiger partial charge < -0.3 is 5.32 Å². The summed E-state index contributed by atoms with van der Waals surface area (Å²) >= 11 is 0. The van der Waals surface area contributed by atoms with E-state index in [-0.39, 0.29) is 0 Å². The fourth-order valence-corrected chi connectivity index (χ4v) is 3.80. The van der Waals surface area contributed by atoms with Crippen molar-refractivity contribution in [2.75, 3.05) is 5.32 Å². The molecule has 0 unspecified atom stereocenters. The monoisotopic (exact) mass is 395 g/mol. The molecule has 2 aromatic heterocycles. The van der Waals surface area contributed by atoms with Crippen LogP contribution in [0.15, 0.2) is 73.1 Å². The van der Waals surface area contributed by atoms with Gasteiger partial charge >= 0.3 is 0 Å². The molecule has 0 aliphatic rings. The van der Waals surface area contributed by atoms with E-state index in [2.05, 4.69) is 102 Å². The van der Waals surface area contributed by atoms with Gasteiger partial charge in [0.15, 0.2) is 5.65 Å². The summed E-state index contributed by atoms with van der Waals surface area (Å²) in [4.78, 5) is 4.62. The smallest absolute Gasteiger partial charge is 0.161 e. The maximum atomic E-state index is 4.62. The second-order valence-corrected chi connectivity index (χ2v) is 7.75. The number of allylic oxidation sites excluding steroid dienone is 1. The van der Waals surface area contributed by atoms with Crippen molar-refractivity contribution in [3.8, 4) is 11.3 Å². The molecule has 0 aliphatic heterocycles. The van der Waals surface area contributed by atoms with Crippen molar-refractivity contribution in [2.45, 2.75) is 40.0 Å². The number of imidazole rings is 1. The Morgan fingerprint density at radius 3 is 2.63 bits per heavy atom. The van der Waals surface area contributed by atoms with Gasteiger partial charge in [0.25, 0.3) is 0 Å². The Morgan fingerprint density at radius 1 is 1.03 bits per heavy atom. The maximum absolute atomic E-state index is 4.62. The summed E-state index contributed by atoms with van der Waals surface area (Å²) in [5, 5.41) is 3.54. The fourth-order valence-electron chi connectivity index (χ4n) is 3.80. The number of aromatic nitrogens is 2. The van der Waals surface area contributed by atoms with E-state index >= 15 is 0 Å². The van der Waals surface area contributed by atoms with E-state index in [1.54, 1.807) is 0 Å². The Bertz CT molecular complexity index is 1170. The number of nitrogens with zero attached hydrogens (tertiary/aromatic N) is 2. The van der Waals surface area contributed by atoms with Crippen molar-refractivity contribution >= 4 is 23.1 Å². The molecule has 3 heteroatoms. The van der Waals surface area contributed by atoms with Crippen molar-refractivity contribution in [2.24, 2.45) is 0 Å². The van der Waals surface area contributed by atoms with E-state index in [9.17, 15) is 0 Å². The van der Waals surface area contributed by atoms with Gasteiger partial charge in [-0.05, 0) is 79.3 Å². The SMILES string of the molecule is C/C=C\c1cc(-c2ccc(Nc3ccc(CCCC)cc3)c3nccn23)ccc1C. The first-order valence-electron chi connectivity index (χ1n) is 10.8. The lowest BCUT2D eigenvalue weighted by Crippen LogP contribution is -1.98. The number of benzene rings is 2.